The van der Waals surface area contributed by atoms with E-state index in [0.717, 1.165) is 6.20 Å². The maximum Gasteiger partial charge on any atom is 0.400 e. The molecule has 1 atom stereocenters. The molecular formula is C8H12F3N7O2. The maximum atomic E-state index is 10.7. The second kappa shape index (κ2) is 7.28. The van der Waals surface area contributed by atoms with Gasteiger partial charge in [-0.15, -0.1) is 5.11 Å². The summed E-state index contributed by atoms with van der Waals surface area (Å²) in [5.41, 5.74) is 10.6. The fourth-order valence-corrected chi connectivity index (χ4v) is 0.853. The van der Waals surface area contributed by atoms with E-state index < -0.39 is 23.7 Å². The predicted molar refractivity (Wildman–Crippen MR) is 61.6 cm³/mol. The highest BCUT2D eigenvalue weighted by molar-refractivity contribution is 5.82. The summed E-state index contributed by atoms with van der Waals surface area (Å²) >= 11 is 0. The molecule has 0 radical (unpaired) electrons. The van der Waals surface area contributed by atoms with Crippen molar-refractivity contribution in [3.63, 3.8) is 0 Å². The third-order valence-electron chi connectivity index (χ3n) is 1.94. The van der Waals surface area contributed by atoms with Crippen molar-refractivity contribution in [2.75, 3.05) is 6.54 Å². The number of amidine groups is 1. The summed E-state index contributed by atoms with van der Waals surface area (Å²) < 4.78 is 33.2. The lowest BCUT2D eigenvalue weighted by atomic mass is 10.3. The highest BCUT2D eigenvalue weighted by Gasteiger charge is 2.23. The van der Waals surface area contributed by atoms with Crippen LogP contribution in [0.4, 0.5) is 18.9 Å². The lowest BCUT2D eigenvalue weighted by molar-refractivity contribution is -0.385. The Balaban J connectivity index is 0.000000511. The van der Waals surface area contributed by atoms with Crippen molar-refractivity contribution in [1.29, 1.82) is 10.9 Å². The van der Waals surface area contributed by atoms with Gasteiger partial charge in [0.25, 0.3) is 0 Å². The zero-order valence-electron chi connectivity index (χ0n) is 10.3. The molecule has 0 aliphatic heterocycles. The summed E-state index contributed by atoms with van der Waals surface area (Å²) in [6.45, 7) is 0.351. The van der Waals surface area contributed by atoms with E-state index in [9.17, 15) is 23.3 Å². The van der Waals surface area contributed by atoms with E-state index in [-0.39, 0.29) is 11.5 Å². The van der Waals surface area contributed by atoms with Crippen molar-refractivity contribution < 1.29 is 18.1 Å². The summed E-state index contributed by atoms with van der Waals surface area (Å²) in [7, 11) is 0. The van der Waals surface area contributed by atoms with E-state index in [1.54, 1.807) is 6.92 Å². The molecule has 1 unspecified atom stereocenters. The fourth-order valence-electron chi connectivity index (χ4n) is 0.853. The molecule has 0 aliphatic carbocycles. The standard InChI is InChI=1S/C6H8N6O2.C2H4F3N/c1-4(6(7)10-8)11-3-5(2-9-11)12(13)14;3-2(4,5)1-6/h2-4,7-8H,1H3;1,6H2. The maximum absolute atomic E-state index is 10.7. The molecule has 1 heterocycles. The molecule has 0 saturated heterocycles. The molecule has 0 spiro atoms. The van der Waals surface area contributed by atoms with Crippen LogP contribution >= 0.6 is 0 Å². The van der Waals surface area contributed by atoms with Gasteiger partial charge in [0.1, 0.15) is 18.4 Å². The number of alkyl halides is 3. The Labute approximate surface area is 110 Å². The molecule has 1 aromatic rings. The van der Waals surface area contributed by atoms with Crippen LogP contribution in [0.2, 0.25) is 0 Å². The van der Waals surface area contributed by atoms with Gasteiger partial charge in [0.2, 0.25) is 0 Å². The molecule has 0 amide bonds. The van der Waals surface area contributed by atoms with Crippen LogP contribution in [0, 0.1) is 21.1 Å². The smallest absolute Gasteiger partial charge is 0.323 e. The summed E-state index contributed by atoms with van der Waals surface area (Å²) in [6.07, 6.45) is -1.89. The number of aromatic nitrogens is 2. The predicted octanol–water partition coefficient (Wildman–Crippen LogP) is 1.87. The van der Waals surface area contributed by atoms with Crippen molar-refractivity contribution in [3.8, 4) is 0 Å². The van der Waals surface area contributed by atoms with Crippen molar-refractivity contribution in [3.05, 3.63) is 22.5 Å². The number of nitrogens with zero attached hydrogens (tertiary/aromatic N) is 4. The first kappa shape index (κ1) is 17.6. The van der Waals surface area contributed by atoms with Gasteiger partial charge in [0.15, 0.2) is 5.84 Å². The van der Waals surface area contributed by atoms with Crippen LogP contribution in [0.25, 0.3) is 0 Å². The number of hydrogen-bond acceptors (Lipinski definition) is 6. The van der Waals surface area contributed by atoms with E-state index in [1.165, 1.54) is 10.9 Å². The third-order valence-corrected chi connectivity index (χ3v) is 1.94. The lowest BCUT2D eigenvalue weighted by Crippen LogP contribution is -2.21. The van der Waals surface area contributed by atoms with Gasteiger partial charge in [-0.2, -0.15) is 18.3 Å². The van der Waals surface area contributed by atoms with Crippen LogP contribution in [-0.2, 0) is 0 Å². The molecule has 0 saturated carbocycles. The average molecular weight is 295 g/mol. The molecule has 1 aromatic heterocycles. The van der Waals surface area contributed by atoms with Crippen LogP contribution in [0.15, 0.2) is 17.5 Å². The number of hydrogen-bond donors (Lipinski definition) is 3. The number of rotatable bonds is 3. The highest BCUT2D eigenvalue weighted by Crippen LogP contribution is 2.13. The first-order valence-corrected chi connectivity index (χ1v) is 5.03. The number of halogens is 3. The van der Waals surface area contributed by atoms with Crippen LogP contribution < -0.4 is 5.73 Å². The largest absolute Gasteiger partial charge is 0.400 e. The van der Waals surface area contributed by atoms with E-state index >= 15 is 0 Å². The Morgan fingerprint density at radius 3 is 2.50 bits per heavy atom. The normalized spacial score (nSPS) is 12.1. The van der Waals surface area contributed by atoms with Crippen LogP contribution in [0.3, 0.4) is 0 Å². The molecule has 112 valence electrons. The highest BCUT2D eigenvalue weighted by atomic mass is 19.4. The van der Waals surface area contributed by atoms with Gasteiger partial charge >= 0.3 is 11.9 Å². The second-order valence-corrected chi connectivity index (χ2v) is 3.43. The molecule has 4 N–H and O–H groups in total. The van der Waals surface area contributed by atoms with Gasteiger partial charge < -0.3 is 5.73 Å². The molecular weight excluding hydrogens is 283 g/mol. The minimum absolute atomic E-state index is 0.144. The van der Waals surface area contributed by atoms with Crippen LogP contribution in [0.5, 0.6) is 0 Å². The zero-order chi connectivity index (χ0) is 15.9. The second-order valence-electron chi connectivity index (χ2n) is 3.43. The Hall–Kier alpha value is -2.37. The van der Waals surface area contributed by atoms with Crippen molar-refractivity contribution in [1.82, 2.24) is 9.78 Å². The number of nitrogens with one attached hydrogen (secondary N) is 2. The summed E-state index contributed by atoms with van der Waals surface area (Å²) in [5, 5.41) is 24.1. The SMILES string of the molecule is CC(C(=N)N=N)n1cc([N+](=O)[O-])cn1.NCC(F)(F)F. The average Bonchev–Trinajstić information content (AvgIpc) is 2.86. The first-order valence-electron chi connectivity index (χ1n) is 5.03. The lowest BCUT2D eigenvalue weighted by Gasteiger charge is -2.07. The van der Waals surface area contributed by atoms with Crippen molar-refractivity contribution >= 4 is 11.5 Å². The summed E-state index contributed by atoms with van der Waals surface area (Å²) in [4.78, 5) is 9.74. The van der Waals surface area contributed by atoms with Gasteiger partial charge in [-0.05, 0) is 6.92 Å². The van der Waals surface area contributed by atoms with Crippen LogP contribution in [0.1, 0.15) is 13.0 Å². The third kappa shape index (κ3) is 5.99. The molecule has 0 aromatic carbocycles. The molecule has 20 heavy (non-hydrogen) atoms. The van der Waals surface area contributed by atoms with Gasteiger partial charge in [-0.25, -0.2) is 5.53 Å². The van der Waals surface area contributed by atoms with Gasteiger partial charge in [-0.3, -0.25) is 20.2 Å². The quantitative estimate of drug-likeness (QED) is 0.256. The van der Waals surface area contributed by atoms with E-state index in [1.807, 2.05) is 0 Å². The van der Waals surface area contributed by atoms with Crippen molar-refractivity contribution in [2.24, 2.45) is 10.8 Å². The first-order chi connectivity index (χ1) is 9.12. The molecule has 1 rings (SSSR count). The van der Waals surface area contributed by atoms with Gasteiger partial charge in [0.05, 0.1) is 11.5 Å². The molecule has 0 bridgehead atoms. The van der Waals surface area contributed by atoms with Crippen molar-refractivity contribution in [2.45, 2.75) is 19.1 Å². The monoisotopic (exact) mass is 295 g/mol. The molecule has 12 heteroatoms. The Morgan fingerprint density at radius 1 is 1.70 bits per heavy atom. The summed E-state index contributed by atoms with van der Waals surface area (Å²) in [6, 6.07) is -0.568. The molecule has 0 fully saturated rings. The Kier molecular flexibility index (Phi) is 6.41. The van der Waals surface area contributed by atoms with Crippen LogP contribution in [-0.4, -0.2) is 33.3 Å². The molecule has 9 nitrogen and oxygen atoms in total. The van der Waals surface area contributed by atoms with Gasteiger partial charge in [-0.1, -0.05) is 0 Å². The zero-order valence-corrected chi connectivity index (χ0v) is 10.3. The van der Waals surface area contributed by atoms with E-state index in [4.69, 9.17) is 10.9 Å². The number of nitro groups is 1. The minimum atomic E-state index is -4.18. The van der Waals surface area contributed by atoms with E-state index in [2.05, 4.69) is 15.9 Å². The Morgan fingerprint density at radius 2 is 2.20 bits per heavy atom. The van der Waals surface area contributed by atoms with Gasteiger partial charge in [0, 0.05) is 0 Å². The summed E-state index contributed by atoms with van der Waals surface area (Å²) in [5.74, 6) is -0.206. The Bertz CT molecular complexity index is 485. The minimum Gasteiger partial charge on any atom is -0.323 e. The number of nitrogens with two attached hydrogens (primary N) is 1. The van der Waals surface area contributed by atoms with E-state index in [0.29, 0.717) is 0 Å². The topological polar surface area (TPSA) is 147 Å². The fraction of sp³-hybridized carbons (Fsp3) is 0.500. The molecule has 0 aliphatic rings.